The van der Waals surface area contributed by atoms with Gasteiger partial charge in [-0.3, -0.25) is 4.79 Å². The third-order valence-corrected chi connectivity index (χ3v) is 3.62. The number of ether oxygens (including phenoxy) is 1. The van der Waals surface area contributed by atoms with E-state index in [0.717, 1.165) is 16.9 Å². The first-order valence-corrected chi connectivity index (χ1v) is 7.33. The van der Waals surface area contributed by atoms with Gasteiger partial charge in [0.1, 0.15) is 5.75 Å². The van der Waals surface area contributed by atoms with Gasteiger partial charge in [-0.05, 0) is 29.7 Å². The van der Waals surface area contributed by atoms with Gasteiger partial charge in [-0.25, -0.2) is 0 Å². The van der Waals surface area contributed by atoms with Gasteiger partial charge < -0.3 is 10.1 Å². The molecule has 1 N–H and O–H groups in total. The molecule has 0 aliphatic rings. The molecule has 4 heteroatoms. The lowest BCUT2D eigenvalue weighted by atomic mass is 10.1. The van der Waals surface area contributed by atoms with Gasteiger partial charge in [0, 0.05) is 6.54 Å². The molecule has 21 heavy (non-hydrogen) atoms. The molecular formula is C17H19NO2S. The highest BCUT2D eigenvalue weighted by Gasteiger charge is 2.13. The Bertz CT molecular complexity index is 569. The van der Waals surface area contributed by atoms with E-state index in [1.807, 2.05) is 54.6 Å². The molecule has 2 rings (SSSR count). The van der Waals surface area contributed by atoms with Crippen LogP contribution in [-0.4, -0.2) is 18.3 Å². The van der Waals surface area contributed by atoms with Crippen molar-refractivity contribution in [1.82, 2.24) is 5.32 Å². The summed E-state index contributed by atoms with van der Waals surface area (Å²) < 4.78 is 5.10. The summed E-state index contributed by atoms with van der Waals surface area (Å²) in [6.07, 6.45) is 0.623. The summed E-state index contributed by atoms with van der Waals surface area (Å²) in [5, 5.41) is 2.56. The molecule has 0 radical (unpaired) electrons. The van der Waals surface area contributed by atoms with Gasteiger partial charge in [0.25, 0.3) is 0 Å². The Morgan fingerprint density at radius 3 is 2.38 bits per heavy atom. The standard InChI is InChI=1S/C17H19NO2S/c1-20-15-9-7-14(8-10-15)12-18-17(19)16(21)11-13-5-3-2-4-6-13/h2-10,16,21H,11-12H2,1H3,(H,18,19). The molecule has 1 amide bonds. The van der Waals surface area contributed by atoms with Crippen LogP contribution in [0.5, 0.6) is 5.75 Å². The first-order chi connectivity index (χ1) is 10.2. The molecule has 2 aromatic rings. The van der Waals surface area contributed by atoms with Crippen LogP contribution in [0, 0.1) is 0 Å². The molecule has 1 atom stereocenters. The van der Waals surface area contributed by atoms with Crippen LogP contribution in [0.1, 0.15) is 11.1 Å². The van der Waals surface area contributed by atoms with Crippen LogP contribution >= 0.6 is 12.6 Å². The van der Waals surface area contributed by atoms with Gasteiger partial charge in [0.15, 0.2) is 0 Å². The summed E-state index contributed by atoms with van der Waals surface area (Å²) in [4.78, 5) is 12.0. The predicted molar refractivity (Wildman–Crippen MR) is 87.8 cm³/mol. The highest BCUT2D eigenvalue weighted by Crippen LogP contribution is 2.12. The van der Waals surface area contributed by atoms with Gasteiger partial charge >= 0.3 is 0 Å². The third-order valence-electron chi connectivity index (χ3n) is 3.20. The molecule has 0 spiro atoms. The molecule has 2 aromatic carbocycles. The van der Waals surface area contributed by atoms with Crippen molar-refractivity contribution in [2.45, 2.75) is 18.2 Å². The summed E-state index contributed by atoms with van der Waals surface area (Å²) >= 11 is 4.38. The van der Waals surface area contributed by atoms with Gasteiger partial charge in [-0.2, -0.15) is 12.6 Å². The smallest absolute Gasteiger partial charge is 0.233 e. The van der Waals surface area contributed by atoms with Gasteiger partial charge in [0.2, 0.25) is 5.91 Å². The monoisotopic (exact) mass is 301 g/mol. The molecule has 110 valence electrons. The Kier molecular flexibility index (Phi) is 5.69. The fourth-order valence-electron chi connectivity index (χ4n) is 1.98. The van der Waals surface area contributed by atoms with E-state index in [9.17, 15) is 4.79 Å². The fraction of sp³-hybridized carbons (Fsp3) is 0.235. The van der Waals surface area contributed by atoms with E-state index in [-0.39, 0.29) is 11.2 Å². The second-order valence-electron chi connectivity index (χ2n) is 4.77. The first-order valence-electron chi connectivity index (χ1n) is 6.81. The SMILES string of the molecule is COc1ccc(CNC(=O)C(S)Cc2ccccc2)cc1. The molecule has 0 saturated heterocycles. The van der Waals surface area contributed by atoms with Crippen molar-refractivity contribution in [3.63, 3.8) is 0 Å². The maximum Gasteiger partial charge on any atom is 0.233 e. The van der Waals surface area contributed by atoms with Crippen LogP contribution in [0.2, 0.25) is 0 Å². The lowest BCUT2D eigenvalue weighted by Gasteiger charge is -2.12. The van der Waals surface area contributed by atoms with Crippen molar-refractivity contribution in [2.24, 2.45) is 0 Å². The maximum absolute atomic E-state index is 12.0. The van der Waals surface area contributed by atoms with Crippen molar-refractivity contribution < 1.29 is 9.53 Å². The number of nitrogens with one attached hydrogen (secondary N) is 1. The van der Waals surface area contributed by atoms with E-state index in [2.05, 4.69) is 17.9 Å². The van der Waals surface area contributed by atoms with Crippen molar-refractivity contribution in [3.05, 3.63) is 65.7 Å². The number of rotatable bonds is 6. The van der Waals surface area contributed by atoms with Crippen molar-refractivity contribution >= 4 is 18.5 Å². The molecule has 3 nitrogen and oxygen atoms in total. The highest BCUT2D eigenvalue weighted by atomic mass is 32.1. The van der Waals surface area contributed by atoms with Crippen LogP contribution in [0.4, 0.5) is 0 Å². The second-order valence-corrected chi connectivity index (χ2v) is 5.39. The van der Waals surface area contributed by atoms with E-state index in [0.29, 0.717) is 13.0 Å². The zero-order valence-corrected chi connectivity index (χ0v) is 12.8. The number of amides is 1. The Balaban J connectivity index is 1.83. The summed E-state index contributed by atoms with van der Waals surface area (Å²) in [6.45, 7) is 0.495. The molecule has 0 aliphatic heterocycles. The van der Waals surface area contributed by atoms with E-state index in [4.69, 9.17) is 4.74 Å². The lowest BCUT2D eigenvalue weighted by molar-refractivity contribution is -0.120. The number of hydrogen-bond acceptors (Lipinski definition) is 3. The van der Waals surface area contributed by atoms with Crippen molar-refractivity contribution in [3.8, 4) is 5.75 Å². The lowest BCUT2D eigenvalue weighted by Crippen LogP contribution is -2.32. The molecule has 0 aromatic heterocycles. The Morgan fingerprint density at radius 2 is 1.76 bits per heavy atom. The Morgan fingerprint density at radius 1 is 1.10 bits per heavy atom. The zero-order valence-electron chi connectivity index (χ0n) is 12.0. The van der Waals surface area contributed by atoms with Crippen LogP contribution < -0.4 is 10.1 Å². The number of carbonyl (C=O) groups is 1. The number of hydrogen-bond donors (Lipinski definition) is 2. The summed E-state index contributed by atoms with van der Waals surface area (Å²) in [7, 11) is 1.63. The quantitative estimate of drug-likeness (QED) is 0.805. The minimum atomic E-state index is -0.342. The van der Waals surface area contributed by atoms with Crippen LogP contribution in [0.3, 0.4) is 0 Å². The number of carbonyl (C=O) groups excluding carboxylic acids is 1. The average molecular weight is 301 g/mol. The molecule has 1 unspecified atom stereocenters. The minimum absolute atomic E-state index is 0.0574. The second kappa shape index (κ2) is 7.74. The fourth-order valence-corrected chi connectivity index (χ4v) is 2.28. The van der Waals surface area contributed by atoms with E-state index >= 15 is 0 Å². The van der Waals surface area contributed by atoms with Crippen LogP contribution in [-0.2, 0) is 17.8 Å². The van der Waals surface area contributed by atoms with Gasteiger partial charge in [-0.1, -0.05) is 42.5 Å². The topological polar surface area (TPSA) is 38.3 Å². The van der Waals surface area contributed by atoms with Crippen molar-refractivity contribution in [1.29, 1.82) is 0 Å². The molecule has 0 bridgehead atoms. The minimum Gasteiger partial charge on any atom is -0.497 e. The number of methoxy groups -OCH3 is 1. The summed E-state index contributed by atoms with van der Waals surface area (Å²) in [5.74, 6) is 0.749. The van der Waals surface area contributed by atoms with Gasteiger partial charge in [-0.15, -0.1) is 0 Å². The summed E-state index contributed by atoms with van der Waals surface area (Å²) in [6, 6.07) is 17.5. The molecule has 0 saturated carbocycles. The van der Waals surface area contributed by atoms with Crippen molar-refractivity contribution in [2.75, 3.05) is 7.11 Å². The number of thiol groups is 1. The van der Waals surface area contributed by atoms with Gasteiger partial charge in [0.05, 0.1) is 12.4 Å². The largest absolute Gasteiger partial charge is 0.497 e. The van der Waals surface area contributed by atoms with Crippen LogP contribution in [0.15, 0.2) is 54.6 Å². The van der Waals surface area contributed by atoms with E-state index in [1.165, 1.54) is 0 Å². The van der Waals surface area contributed by atoms with Crippen LogP contribution in [0.25, 0.3) is 0 Å². The maximum atomic E-state index is 12.0. The van der Waals surface area contributed by atoms with E-state index in [1.54, 1.807) is 7.11 Å². The Hall–Kier alpha value is -1.94. The molecule has 0 aliphatic carbocycles. The number of benzene rings is 2. The normalized spacial score (nSPS) is 11.7. The first kappa shape index (κ1) is 15.4. The third kappa shape index (κ3) is 4.83. The average Bonchev–Trinajstić information content (AvgIpc) is 2.54. The predicted octanol–water partition coefficient (Wildman–Crippen LogP) is 2.85. The molecular weight excluding hydrogens is 282 g/mol. The van der Waals surface area contributed by atoms with E-state index < -0.39 is 0 Å². The Labute approximate surface area is 130 Å². The molecule has 0 heterocycles. The summed E-state index contributed by atoms with van der Waals surface area (Å²) in [5.41, 5.74) is 2.14. The zero-order chi connectivity index (χ0) is 15.1. The molecule has 0 fully saturated rings. The highest BCUT2D eigenvalue weighted by molar-refractivity contribution is 7.81.